The van der Waals surface area contributed by atoms with Gasteiger partial charge in [0.15, 0.2) is 11.6 Å². The highest BCUT2D eigenvalue weighted by Crippen LogP contribution is 2.39. The van der Waals surface area contributed by atoms with E-state index in [0.29, 0.717) is 37.8 Å². The van der Waals surface area contributed by atoms with Gasteiger partial charge in [-0.2, -0.15) is 0 Å². The van der Waals surface area contributed by atoms with Crippen molar-refractivity contribution in [3.63, 3.8) is 0 Å². The van der Waals surface area contributed by atoms with Crippen LogP contribution in [-0.4, -0.2) is 16.1 Å². The van der Waals surface area contributed by atoms with Gasteiger partial charge in [-0.1, -0.05) is 13.3 Å². The molecule has 1 N–H and O–H groups in total. The number of hydrogen-bond donors (Lipinski definition) is 1. The van der Waals surface area contributed by atoms with Crippen LogP contribution < -0.4 is 4.74 Å². The van der Waals surface area contributed by atoms with Crippen molar-refractivity contribution in [2.24, 2.45) is 0 Å². The number of carbonyl (C=O) groups is 1. The summed E-state index contributed by atoms with van der Waals surface area (Å²) in [6, 6.07) is 8.72. The lowest BCUT2D eigenvalue weighted by molar-refractivity contribution is -0.136. The molecule has 0 atom stereocenters. The number of pyridine rings is 1. The fraction of sp³-hybridized carbons (Fsp3) is 0.273. The van der Waals surface area contributed by atoms with Gasteiger partial charge in [0.05, 0.1) is 8.95 Å². The summed E-state index contributed by atoms with van der Waals surface area (Å²) < 4.78 is 22.0. The number of carboxylic acid groups (broad SMARTS) is 1. The number of aliphatic carboxylic acids is 1. The molecule has 0 saturated carbocycles. The fourth-order valence-electron chi connectivity index (χ4n) is 3.16. The summed E-state index contributed by atoms with van der Waals surface area (Å²) in [5, 5.41) is 9.57. The van der Waals surface area contributed by atoms with Gasteiger partial charge in [0.2, 0.25) is 0 Å². The van der Waals surface area contributed by atoms with E-state index in [9.17, 15) is 9.18 Å². The molecule has 0 amide bonds. The maximum Gasteiger partial charge on any atom is 0.303 e. The minimum atomic E-state index is -0.852. The Morgan fingerprint density at radius 2 is 1.83 bits per heavy atom. The predicted octanol–water partition coefficient (Wildman–Crippen LogP) is 6.97. The Bertz CT molecular complexity index is 1060. The number of carboxylic acids is 1. The molecular formula is C22H20Br2FNO3. The number of fused-ring (bicyclic) bond motifs is 1. The van der Waals surface area contributed by atoms with E-state index in [1.165, 1.54) is 6.07 Å². The zero-order chi connectivity index (χ0) is 21.1. The molecule has 0 radical (unpaired) electrons. The van der Waals surface area contributed by atoms with Crippen molar-refractivity contribution < 1.29 is 19.0 Å². The smallest absolute Gasteiger partial charge is 0.303 e. The monoisotopic (exact) mass is 523 g/mol. The Kier molecular flexibility index (Phi) is 6.90. The first kappa shape index (κ1) is 21.7. The van der Waals surface area contributed by atoms with E-state index >= 15 is 0 Å². The third-order valence-electron chi connectivity index (χ3n) is 4.51. The highest BCUT2D eigenvalue weighted by molar-refractivity contribution is 9.11. The van der Waals surface area contributed by atoms with Crippen molar-refractivity contribution in [1.29, 1.82) is 0 Å². The van der Waals surface area contributed by atoms with Crippen LogP contribution in [-0.2, 0) is 17.6 Å². The van der Waals surface area contributed by atoms with Crippen LogP contribution in [0.2, 0.25) is 0 Å². The molecule has 0 bridgehead atoms. The SMILES string of the molecule is CCCc1cc(C)c2cc(Oc3c(Br)cc(CCC(=O)O)cc3Br)cc(F)c2n1. The molecule has 2 aromatic carbocycles. The van der Waals surface area contributed by atoms with Crippen LogP contribution in [0.1, 0.15) is 36.6 Å². The molecule has 0 spiro atoms. The van der Waals surface area contributed by atoms with Crippen molar-refractivity contribution >= 4 is 48.7 Å². The highest BCUT2D eigenvalue weighted by Gasteiger charge is 2.15. The van der Waals surface area contributed by atoms with Crippen molar-refractivity contribution in [2.75, 3.05) is 0 Å². The lowest BCUT2D eigenvalue weighted by Crippen LogP contribution is -1.99. The van der Waals surface area contributed by atoms with E-state index in [4.69, 9.17) is 9.84 Å². The lowest BCUT2D eigenvalue weighted by Gasteiger charge is -2.14. The topological polar surface area (TPSA) is 59.4 Å². The van der Waals surface area contributed by atoms with Crippen molar-refractivity contribution in [3.8, 4) is 11.5 Å². The van der Waals surface area contributed by atoms with E-state index in [2.05, 4.69) is 43.8 Å². The summed E-state index contributed by atoms with van der Waals surface area (Å²) in [7, 11) is 0. The maximum absolute atomic E-state index is 14.8. The number of hydrogen-bond acceptors (Lipinski definition) is 3. The van der Waals surface area contributed by atoms with Crippen molar-refractivity contribution in [3.05, 3.63) is 61.9 Å². The third-order valence-corrected chi connectivity index (χ3v) is 5.69. The van der Waals surface area contributed by atoms with Crippen LogP contribution >= 0.6 is 31.9 Å². The van der Waals surface area contributed by atoms with Crippen LogP contribution in [0.15, 0.2) is 39.3 Å². The second-order valence-corrected chi connectivity index (χ2v) is 8.57. The molecule has 152 valence electrons. The second-order valence-electron chi connectivity index (χ2n) is 6.87. The summed E-state index contributed by atoms with van der Waals surface area (Å²) in [4.78, 5) is 15.2. The molecule has 1 heterocycles. The van der Waals surface area contributed by atoms with Gasteiger partial charge in [0, 0.05) is 23.6 Å². The van der Waals surface area contributed by atoms with E-state index in [0.717, 1.165) is 29.7 Å². The summed E-state index contributed by atoms with van der Waals surface area (Å²) >= 11 is 6.93. The molecule has 3 aromatic rings. The van der Waals surface area contributed by atoms with Crippen LogP contribution in [0, 0.1) is 12.7 Å². The van der Waals surface area contributed by atoms with Crippen LogP contribution in [0.3, 0.4) is 0 Å². The summed E-state index contributed by atoms with van der Waals surface area (Å²) in [6.45, 7) is 4.01. The molecule has 3 rings (SSSR count). The van der Waals surface area contributed by atoms with Crippen LogP contribution in [0.25, 0.3) is 10.9 Å². The number of rotatable bonds is 7. The van der Waals surface area contributed by atoms with Gasteiger partial charge in [-0.05, 0) is 87.0 Å². The Morgan fingerprint density at radius 1 is 1.14 bits per heavy atom. The second kappa shape index (κ2) is 9.22. The lowest BCUT2D eigenvalue weighted by atomic mass is 10.1. The molecule has 7 heteroatoms. The normalized spacial score (nSPS) is 11.1. The average molecular weight is 525 g/mol. The minimum Gasteiger partial charge on any atom is -0.481 e. The molecular weight excluding hydrogens is 505 g/mol. The van der Waals surface area contributed by atoms with Crippen molar-refractivity contribution in [1.82, 2.24) is 4.98 Å². The van der Waals surface area contributed by atoms with Gasteiger partial charge >= 0.3 is 5.97 Å². The Labute approximate surface area is 185 Å². The maximum atomic E-state index is 14.8. The number of nitrogens with zero attached hydrogens (tertiary/aromatic N) is 1. The number of benzene rings is 2. The third kappa shape index (κ3) is 5.14. The van der Waals surface area contributed by atoms with Crippen LogP contribution in [0.5, 0.6) is 11.5 Å². The quantitative estimate of drug-likeness (QED) is 0.362. The molecule has 4 nitrogen and oxygen atoms in total. The average Bonchev–Trinajstić information content (AvgIpc) is 2.64. The first-order chi connectivity index (χ1) is 13.8. The highest BCUT2D eigenvalue weighted by atomic mass is 79.9. The van der Waals surface area contributed by atoms with E-state index in [1.54, 1.807) is 6.07 Å². The molecule has 1 aromatic heterocycles. The van der Waals surface area contributed by atoms with Gasteiger partial charge in [-0.15, -0.1) is 0 Å². The van der Waals surface area contributed by atoms with Gasteiger partial charge in [0.1, 0.15) is 11.3 Å². The number of ether oxygens (including phenoxy) is 1. The summed E-state index contributed by atoms with van der Waals surface area (Å²) in [5.74, 6) is -0.418. The minimum absolute atomic E-state index is 0.0429. The van der Waals surface area contributed by atoms with Gasteiger partial charge in [-0.3, -0.25) is 4.79 Å². The predicted molar refractivity (Wildman–Crippen MR) is 118 cm³/mol. The van der Waals surface area contributed by atoms with E-state index in [1.807, 2.05) is 25.1 Å². The zero-order valence-electron chi connectivity index (χ0n) is 16.1. The number of aryl methyl sites for hydroxylation is 3. The largest absolute Gasteiger partial charge is 0.481 e. The molecule has 0 aliphatic rings. The fourth-order valence-corrected chi connectivity index (χ4v) is 4.60. The summed E-state index contributed by atoms with van der Waals surface area (Å²) in [6.07, 6.45) is 2.21. The molecule has 0 unspecified atom stereocenters. The zero-order valence-corrected chi connectivity index (χ0v) is 19.2. The Hall–Kier alpha value is -1.99. The standard InChI is InChI=1S/C22H20Br2FNO3/c1-3-4-14-7-12(2)16-10-15(11-19(25)21(16)26-14)29-22-17(23)8-13(9-18(22)24)5-6-20(27)28/h7-11H,3-6H2,1-2H3,(H,27,28). The van der Waals surface area contributed by atoms with Gasteiger partial charge in [0.25, 0.3) is 0 Å². The first-order valence-electron chi connectivity index (χ1n) is 9.25. The van der Waals surface area contributed by atoms with Gasteiger partial charge in [-0.25, -0.2) is 9.37 Å². The van der Waals surface area contributed by atoms with E-state index in [-0.39, 0.29) is 6.42 Å². The number of halogens is 3. The first-order valence-corrected chi connectivity index (χ1v) is 10.8. The molecule has 0 saturated heterocycles. The molecule has 29 heavy (non-hydrogen) atoms. The number of aromatic nitrogens is 1. The Balaban J connectivity index is 1.95. The van der Waals surface area contributed by atoms with Crippen LogP contribution in [0.4, 0.5) is 4.39 Å². The molecule has 0 fully saturated rings. The van der Waals surface area contributed by atoms with Gasteiger partial charge < -0.3 is 9.84 Å². The van der Waals surface area contributed by atoms with Crippen molar-refractivity contribution in [2.45, 2.75) is 39.5 Å². The Morgan fingerprint density at radius 3 is 2.45 bits per heavy atom. The van der Waals surface area contributed by atoms with E-state index < -0.39 is 11.8 Å². The molecule has 0 aliphatic heterocycles. The molecule has 0 aliphatic carbocycles. The summed E-state index contributed by atoms with van der Waals surface area (Å²) in [5.41, 5.74) is 3.03.